The number of carbonyl (C=O) groups is 2. The predicted molar refractivity (Wildman–Crippen MR) is 117 cm³/mol. The van der Waals surface area contributed by atoms with Crippen LogP contribution in [0.4, 0.5) is 0 Å². The van der Waals surface area contributed by atoms with Crippen molar-refractivity contribution in [2.75, 3.05) is 13.7 Å². The minimum atomic E-state index is -0.469. The van der Waals surface area contributed by atoms with Gasteiger partial charge in [0, 0.05) is 6.08 Å². The Morgan fingerprint density at radius 2 is 1.76 bits per heavy atom. The Bertz CT molecular complexity index is 887. The van der Waals surface area contributed by atoms with Crippen LogP contribution in [0.5, 0.6) is 11.5 Å². The zero-order valence-electron chi connectivity index (χ0n) is 16.9. The maximum Gasteiger partial charge on any atom is 0.276 e. The first-order valence-electron chi connectivity index (χ1n) is 9.03. The molecule has 0 unspecified atom stereocenters. The van der Waals surface area contributed by atoms with E-state index in [-0.39, 0.29) is 12.0 Å². The van der Waals surface area contributed by atoms with Crippen LogP contribution in [0.2, 0.25) is 0 Å². The highest BCUT2D eigenvalue weighted by Crippen LogP contribution is 2.31. The lowest BCUT2D eigenvalue weighted by atomic mass is 9.87. The number of methoxy groups -OCH3 is 1. The number of benzene rings is 2. The molecule has 0 aliphatic heterocycles. The maximum atomic E-state index is 11.9. The van der Waals surface area contributed by atoms with Crippen molar-refractivity contribution in [3.8, 4) is 11.5 Å². The lowest BCUT2D eigenvalue weighted by molar-refractivity contribution is -0.128. The number of carbonyl (C=O) groups excluding carboxylic acids is 2. The van der Waals surface area contributed by atoms with Crippen molar-refractivity contribution in [1.82, 2.24) is 10.9 Å². The van der Waals surface area contributed by atoms with Crippen molar-refractivity contribution in [3.05, 3.63) is 64.1 Å². The van der Waals surface area contributed by atoms with Gasteiger partial charge in [0.15, 0.2) is 6.61 Å². The van der Waals surface area contributed by atoms with Crippen LogP contribution in [0, 0.1) is 0 Å². The molecule has 29 heavy (non-hydrogen) atoms. The van der Waals surface area contributed by atoms with Crippen molar-refractivity contribution in [1.29, 1.82) is 0 Å². The molecule has 0 atom stereocenters. The van der Waals surface area contributed by atoms with E-state index in [1.165, 1.54) is 6.08 Å². The minimum Gasteiger partial charge on any atom is -0.497 e. The molecule has 0 heterocycles. The number of hydrogen-bond donors (Lipinski definition) is 2. The van der Waals surface area contributed by atoms with E-state index in [1.54, 1.807) is 25.3 Å². The van der Waals surface area contributed by atoms with Gasteiger partial charge in [-0.25, -0.2) is 0 Å². The summed E-state index contributed by atoms with van der Waals surface area (Å²) in [7, 11) is 1.59. The Balaban J connectivity index is 1.79. The molecule has 154 valence electrons. The maximum absolute atomic E-state index is 11.9. The molecule has 0 aromatic heterocycles. The average Bonchev–Trinajstić information content (AvgIpc) is 2.69. The monoisotopic (exact) mass is 460 g/mol. The number of rotatable bonds is 6. The molecule has 0 saturated heterocycles. The Hall–Kier alpha value is -2.80. The first-order valence-corrected chi connectivity index (χ1v) is 9.82. The van der Waals surface area contributed by atoms with Crippen LogP contribution < -0.4 is 20.3 Å². The lowest BCUT2D eigenvalue weighted by Crippen LogP contribution is -2.43. The molecule has 0 radical (unpaired) electrons. The fraction of sp³-hybridized carbons (Fsp3) is 0.273. The van der Waals surface area contributed by atoms with Crippen molar-refractivity contribution >= 4 is 33.8 Å². The molecule has 0 aliphatic carbocycles. The quantitative estimate of drug-likeness (QED) is 0.504. The largest absolute Gasteiger partial charge is 0.497 e. The summed E-state index contributed by atoms with van der Waals surface area (Å²) in [5.41, 5.74) is 6.62. The van der Waals surface area contributed by atoms with Crippen LogP contribution in [-0.2, 0) is 15.0 Å². The van der Waals surface area contributed by atoms with Gasteiger partial charge in [0.25, 0.3) is 11.8 Å². The molecule has 7 heteroatoms. The lowest BCUT2D eigenvalue weighted by Gasteiger charge is -2.20. The second-order valence-electron chi connectivity index (χ2n) is 7.33. The Labute approximate surface area is 179 Å². The zero-order chi connectivity index (χ0) is 21.4. The van der Waals surface area contributed by atoms with Crippen LogP contribution >= 0.6 is 15.9 Å². The first-order chi connectivity index (χ1) is 13.7. The van der Waals surface area contributed by atoms with Crippen LogP contribution in [-0.4, -0.2) is 25.5 Å². The molecule has 2 aromatic rings. The predicted octanol–water partition coefficient (Wildman–Crippen LogP) is 3.99. The molecule has 2 N–H and O–H groups in total. The van der Waals surface area contributed by atoms with Gasteiger partial charge in [0.2, 0.25) is 0 Å². The minimum absolute atomic E-state index is 0.0159. The molecule has 0 spiro atoms. The second-order valence-corrected chi connectivity index (χ2v) is 8.18. The van der Waals surface area contributed by atoms with E-state index in [4.69, 9.17) is 9.47 Å². The normalized spacial score (nSPS) is 11.2. The number of nitrogens with one attached hydrogen (secondary N) is 2. The van der Waals surface area contributed by atoms with Crippen LogP contribution in [0.3, 0.4) is 0 Å². The summed E-state index contributed by atoms with van der Waals surface area (Å²) >= 11 is 3.46. The molecule has 0 bridgehead atoms. The highest BCUT2D eigenvalue weighted by Gasteiger charge is 2.15. The van der Waals surface area contributed by atoms with Gasteiger partial charge in [-0.05, 0) is 62.8 Å². The van der Waals surface area contributed by atoms with Crippen LogP contribution in [0.25, 0.3) is 6.08 Å². The summed E-state index contributed by atoms with van der Waals surface area (Å²) in [6, 6.07) is 13.0. The number of hydrazine groups is 1. The average molecular weight is 461 g/mol. The third kappa shape index (κ3) is 7.27. The van der Waals surface area contributed by atoms with E-state index >= 15 is 0 Å². The van der Waals surface area contributed by atoms with Gasteiger partial charge >= 0.3 is 0 Å². The highest BCUT2D eigenvalue weighted by atomic mass is 79.9. The summed E-state index contributed by atoms with van der Waals surface area (Å²) in [6.07, 6.45) is 2.95. The van der Waals surface area contributed by atoms with Crippen molar-refractivity contribution < 1.29 is 19.1 Å². The van der Waals surface area contributed by atoms with E-state index in [0.29, 0.717) is 5.75 Å². The topological polar surface area (TPSA) is 76.7 Å². The van der Waals surface area contributed by atoms with E-state index in [1.807, 2.05) is 30.3 Å². The smallest absolute Gasteiger partial charge is 0.276 e. The summed E-state index contributed by atoms with van der Waals surface area (Å²) < 4.78 is 11.4. The first kappa shape index (κ1) is 22.5. The third-order valence-corrected chi connectivity index (χ3v) is 4.64. The van der Waals surface area contributed by atoms with Crippen LogP contribution in [0.15, 0.2) is 53.0 Å². The molecular weight excluding hydrogens is 436 g/mol. The Morgan fingerprint density at radius 1 is 1.07 bits per heavy atom. The van der Waals surface area contributed by atoms with Gasteiger partial charge in [-0.3, -0.25) is 20.4 Å². The van der Waals surface area contributed by atoms with Gasteiger partial charge in [-0.2, -0.15) is 0 Å². The standard InChI is InChI=1S/C22H25BrN2O4/c1-22(2,3)16-8-11-19(18(23)13-16)29-14-21(27)25-24-20(26)12-7-15-5-9-17(28-4)10-6-15/h5-13H,14H2,1-4H3,(H,24,26)(H,25,27)/b12-7-. The Morgan fingerprint density at radius 3 is 2.34 bits per heavy atom. The molecule has 2 rings (SSSR count). The fourth-order valence-electron chi connectivity index (χ4n) is 2.32. The number of amides is 2. The third-order valence-electron chi connectivity index (χ3n) is 4.02. The highest BCUT2D eigenvalue weighted by molar-refractivity contribution is 9.10. The summed E-state index contributed by atoms with van der Waals surface area (Å²) in [5.74, 6) is 0.366. The molecule has 2 amide bonds. The fourth-order valence-corrected chi connectivity index (χ4v) is 2.82. The van der Waals surface area contributed by atoms with Crippen molar-refractivity contribution in [2.45, 2.75) is 26.2 Å². The van der Waals surface area contributed by atoms with Crippen molar-refractivity contribution in [2.24, 2.45) is 0 Å². The van der Waals surface area contributed by atoms with Crippen LogP contribution in [0.1, 0.15) is 31.9 Å². The van der Waals surface area contributed by atoms with E-state index in [9.17, 15) is 9.59 Å². The van der Waals surface area contributed by atoms with Crippen molar-refractivity contribution in [3.63, 3.8) is 0 Å². The van der Waals surface area contributed by atoms with Gasteiger partial charge in [-0.15, -0.1) is 0 Å². The number of halogens is 1. The molecule has 0 aliphatic rings. The summed E-state index contributed by atoms with van der Waals surface area (Å²) in [4.78, 5) is 23.7. The molecule has 6 nitrogen and oxygen atoms in total. The number of hydrogen-bond acceptors (Lipinski definition) is 4. The van der Waals surface area contributed by atoms with Gasteiger partial charge in [0.05, 0.1) is 11.6 Å². The van der Waals surface area contributed by atoms with E-state index in [2.05, 4.69) is 47.6 Å². The van der Waals surface area contributed by atoms with E-state index < -0.39 is 11.8 Å². The SMILES string of the molecule is COc1ccc(/C=C\C(=O)NNC(=O)COc2ccc(C(C)(C)C)cc2Br)cc1. The second kappa shape index (κ2) is 10.1. The molecule has 0 fully saturated rings. The molecular formula is C22H25BrN2O4. The van der Waals surface area contributed by atoms with E-state index in [0.717, 1.165) is 21.3 Å². The molecule has 0 saturated carbocycles. The Kier molecular flexibility index (Phi) is 7.84. The van der Waals surface area contributed by atoms with Gasteiger partial charge in [-0.1, -0.05) is 39.0 Å². The summed E-state index contributed by atoms with van der Waals surface area (Å²) in [6.45, 7) is 6.13. The molecule has 2 aromatic carbocycles. The zero-order valence-corrected chi connectivity index (χ0v) is 18.5. The number of ether oxygens (including phenoxy) is 2. The van der Waals surface area contributed by atoms with Gasteiger partial charge < -0.3 is 9.47 Å². The van der Waals surface area contributed by atoms with Gasteiger partial charge in [0.1, 0.15) is 11.5 Å². The summed E-state index contributed by atoms with van der Waals surface area (Å²) in [5, 5.41) is 0.